The number of aryl methyl sites for hydroxylation is 1. The lowest BCUT2D eigenvalue weighted by molar-refractivity contribution is 0.102. The van der Waals surface area contributed by atoms with Gasteiger partial charge in [0.2, 0.25) is 0 Å². The van der Waals surface area contributed by atoms with Gasteiger partial charge in [0.25, 0.3) is 0 Å². The van der Waals surface area contributed by atoms with E-state index in [0.717, 1.165) is 36.2 Å². The van der Waals surface area contributed by atoms with E-state index in [1.807, 2.05) is 42.5 Å². The second kappa shape index (κ2) is 4.88. The minimum absolute atomic E-state index is 0.156. The van der Waals surface area contributed by atoms with Gasteiger partial charge in [-0.15, -0.1) is 0 Å². The second-order valence-corrected chi connectivity index (χ2v) is 5.71. The number of rotatable bonds is 2. The number of benzene rings is 1. The molecule has 2 nitrogen and oxygen atoms in total. The number of carbonyl (C=O) groups is 1. The summed E-state index contributed by atoms with van der Waals surface area (Å²) in [6.07, 6.45) is 8.73. The lowest BCUT2D eigenvalue weighted by Gasteiger charge is -2.28. The molecule has 0 aliphatic heterocycles. The fourth-order valence-electron chi connectivity index (χ4n) is 3.38. The average molecular weight is 276 g/mol. The Morgan fingerprint density at radius 3 is 2.81 bits per heavy atom. The van der Waals surface area contributed by atoms with Crippen molar-refractivity contribution < 1.29 is 9.21 Å². The van der Waals surface area contributed by atoms with Crippen LogP contribution in [0.4, 0.5) is 0 Å². The standard InChI is InChI=1S/C19H16O2/c20-19(13-4-2-1-3-5-13)15-6-8-16-14(12-15)7-9-18-17(16)10-11-21-18/h1-6,8,10-11,14H,7,9,12H2/t14-/m0/s1. The van der Waals surface area contributed by atoms with Gasteiger partial charge in [-0.25, -0.2) is 0 Å². The SMILES string of the molecule is O=C(C1=CC=C2c3ccoc3CC[C@H]2C1)c1ccccc1. The summed E-state index contributed by atoms with van der Waals surface area (Å²) in [5.74, 6) is 1.69. The van der Waals surface area contributed by atoms with Crippen LogP contribution in [0.1, 0.15) is 34.5 Å². The molecule has 2 aromatic rings. The topological polar surface area (TPSA) is 30.2 Å². The summed E-state index contributed by atoms with van der Waals surface area (Å²) < 4.78 is 5.52. The number of hydrogen-bond acceptors (Lipinski definition) is 2. The van der Waals surface area contributed by atoms with Crippen molar-refractivity contribution in [3.05, 3.63) is 77.3 Å². The van der Waals surface area contributed by atoms with Crippen molar-refractivity contribution in [3.8, 4) is 0 Å². The Morgan fingerprint density at radius 2 is 1.95 bits per heavy atom. The largest absolute Gasteiger partial charge is 0.469 e. The van der Waals surface area contributed by atoms with Gasteiger partial charge in [-0.1, -0.05) is 42.5 Å². The zero-order valence-corrected chi connectivity index (χ0v) is 11.7. The van der Waals surface area contributed by atoms with Gasteiger partial charge in [0.1, 0.15) is 5.76 Å². The first kappa shape index (κ1) is 12.4. The number of furan rings is 1. The molecule has 2 heteroatoms. The molecule has 1 atom stereocenters. The number of fused-ring (bicyclic) bond motifs is 3. The molecule has 2 aliphatic rings. The summed E-state index contributed by atoms with van der Waals surface area (Å²) in [7, 11) is 0. The van der Waals surface area contributed by atoms with Crippen molar-refractivity contribution in [3.63, 3.8) is 0 Å². The smallest absolute Gasteiger partial charge is 0.189 e. The first-order chi connectivity index (χ1) is 10.3. The lowest BCUT2D eigenvalue weighted by atomic mass is 9.75. The second-order valence-electron chi connectivity index (χ2n) is 5.71. The Bertz CT molecular complexity index is 747. The van der Waals surface area contributed by atoms with Crippen LogP contribution in [0.5, 0.6) is 0 Å². The van der Waals surface area contributed by atoms with Crippen LogP contribution in [-0.4, -0.2) is 5.78 Å². The Hall–Kier alpha value is -2.35. The third-order valence-corrected chi connectivity index (χ3v) is 4.47. The molecule has 0 N–H and O–H groups in total. The van der Waals surface area contributed by atoms with Crippen LogP contribution in [0, 0.1) is 5.92 Å². The Balaban J connectivity index is 1.68. The van der Waals surface area contributed by atoms with Crippen LogP contribution < -0.4 is 0 Å². The highest BCUT2D eigenvalue weighted by Crippen LogP contribution is 2.42. The molecular weight excluding hydrogens is 260 g/mol. The summed E-state index contributed by atoms with van der Waals surface area (Å²) in [6.45, 7) is 0. The van der Waals surface area contributed by atoms with Gasteiger partial charge in [-0.2, -0.15) is 0 Å². The van der Waals surface area contributed by atoms with E-state index in [9.17, 15) is 4.79 Å². The molecule has 4 rings (SSSR count). The number of allylic oxidation sites excluding steroid dienone is 4. The monoisotopic (exact) mass is 276 g/mol. The third kappa shape index (κ3) is 2.07. The predicted molar refractivity (Wildman–Crippen MR) is 82.0 cm³/mol. The molecule has 0 fully saturated rings. The number of ketones is 1. The summed E-state index contributed by atoms with van der Waals surface area (Å²) in [5.41, 5.74) is 4.26. The average Bonchev–Trinajstić information content (AvgIpc) is 3.03. The third-order valence-electron chi connectivity index (χ3n) is 4.47. The highest BCUT2D eigenvalue weighted by atomic mass is 16.3. The predicted octanol–water partition coefficient (Wildman–Crippen LogP) is 4.44. The van der Waals surface area contributed by atoms with Crippen LogP contribution in [-0.2, 0) is 6.42 Å². The van der Waals surface area contributed by atoms with Crippen molar-refractivity contribution in [2.45, 2.75) is 19.3 Å². The zero-order valence-electron chi connectivity index (χ0n) is 11.7. The van der Waals surface area contributed by atoms with Crippen LogP contribution in [0.3, 0.4) is 0 Å². The molecule has 1 aromatic heterocycles. The number of Topliss-reactive ketones (excluding diaryl/α,β-unsaturated/α-hetero) is 1. The molecule has 1 aromatic carbocycles. The first-order valence-corrected chi connectivity index (χ1v) is 7.40. The molecular formula is C19H16O2. The van der Waals surface area contributed by atoms with Gasteiger partial charge in [-0.3, -0.25) is 4.79 Å². The molecule has 0 bridgehead atoms. The maximum atomic E-state index is 12.6. The fourth-order valence-corrected chi connectivity index (χ4v) is 3.38. The summed E-state index contributed by atoms with van der Waals surface area (Å²) in [6, 6.07) is 11.6. The van der Waals surface area contributed by atoms with E-state index in [1.54, 1.807) is 6.26 Å². The van der Waals surface area contributed by atoms with Gasteiger partial charge in [0, 0.05) is 23.1 Å². The van der Waals surface area contributed by atoms with Gasteiger partial charge in [-0.05, 0) is 30.4 Å². The van der Waals surface area contributed by atoms with E-state index in [-0.39, 0.29) is 5.78 Å². The minimum Gasteiger partial charge on any atom is -0.469 e. The molecule has 0 unspecified atom stereocenters. The number of hydrogen-bond donors (Lipinski definition) is 0. The van der Waals surface area contributed by atoms with Gasteiger partial charge < -0.3 is 4.42 Å². The van der Waals surface area contributed by atoms with E-state index in [4.69, 9.17) is 4.42 Å². The quantitative estimate of drug-likeness (QED) is 0.759. The Labute approximate surface area is 123 Å². The maximum Gasteiger partial charge on any atom is 0.189 e. The molecule has 0 spiro atoms. The number of carbonyl (C=O) groups excluding carboxylic acids is 1. The van der Waals surface area contributed by atoms with E-state index < -0.39 is 0 Å². The molecule has 2 aliphatic carbocycles. The van der Waals surface area contributed by atoms with E-state index in [0.29, 0.717) is 5.92 Å². The molecule has 0 radical (unpaired) electrons. The normalized spacial score (nSPS) is 20.1. The van der Waals surface area contributed by atoms with Crippen molar-refractivity contribution >= 4 is 11.4 Å². The first-order valence-electron chi connectivity index (χ1n) is 7.40. The molecule has 1 heterocycles. The van der Waals surface area contributed by atoms with E-state index >= 15 is 0 Å². The highest BCUT2D eigenvalue weighted by molar-refractivity contribution is 6.09. The molecule has 104 valence electrons. The highest BCUT2D eigenvalue weighted by Gasteiger charge is 2.30. The summed E-state index contributed by atoms with van der Waals surface area (Å²) in [4.78, 5) is 12.6. The fraction of sp³-hybridized carbons (Fsp3) is 0.211. The van der Waals surface area contributed by atoms with E-state index in [2.05, 4.69) is 6.08 Å². The molecule has 0 saturated carbocycles. The Morgan fingerprint density at radius 1 is 1.10 bits per heavy atom. The lowest BCUT2D eigenvalue weighted by Crippen LogP contribution is -2.18. The van der Waals surface area contributed by atoms with Gasteiger partial charge in [0.05, 0.1) is 6.26 Å². The summed E-state index contributed by atoms with van der Waals surface area (Å²) >= 11 is 0. The minimum atomic E-state index is 0.156. The van der Waals surface area contributed by atoms with Crippen molar-refractivity contribution in [1.29, 1.82) is 0 Å². The van der Waals surface area contributed by atoms with Crippen LogP contribution in [0.15, 0.2) is 64.8 Å². The van der Waals surface area contributed by atoms with Gasteiger partial charge in [0.15, 0.2) is 5.78 Å². The molecule has 0 saturated heterocycles. The van der Waals surface area contributed by atoms with Crippen LogP contribution in [0.25, 0.3) is 5.57 Å². The van der Waals surface area contributed by atoms with Crippen molar-refractivity contribution in [1.82, 2.24) is 0 Å². The zero-order chi connectivity index (χ0) is 14.2. The van der Waals surface area contributed by atoms with Crippen LogP contribution in [0.2, 0.25) is 0 Å². The molecule has 21 heavy (non-hydrogen) atoms. The summed E-state index contributed by atoms with van der Waals surface area (Å²) in [5, 5.41) is 0. The van der Waals surface area contributed by atoms with Crippen molar-refractivity contribution in [2.24, 2.45) is 5.92 Å². The van der Waals surface area contributed by atoms with E-state index in [1.165, 1.54) is 11.1 Å². The molecule has 0 amide bonds. The maximum absolute atomic E-state index is 12.6. The Kier molecular flexibility index (Phi) is 2.88. The van der Waals surface area contributed by atoms with Crippen LogP contribution >= 0.6 is 0 Å². The van der Waals surface area contributed by atoms with Crippen molar-refractivity contribution in [2.75, 3.05) is 0 Å². The van der Waals surface area contributed by atoms with Gasteiger partial charge >= 0.3 is 0 Å².